The van der Waals surface area contributed by atoms with Gasteiger partial charge in [0, 0.05) is 15.7 Å². The molecule has 1 heterocycles. The van der Waals surface area contributed by atoms with E-state index in [-0.39, 0.29) is 0 Å². The standard InChI is InChI=1S/C14H11BrN2S/c1-8-2-5-12-13(6-8)18-14(17-12)10-7-9(15)3-4-11(10)16/h2-7H,16H2,1H3. The molecule has 0 amide bonds. The quantitative estimate of drug-likeness (QED) is 0.665. The molecule has 0 spiro atoms. The molecule has 0 saturated heterocycles. The summed E-state index contributed by atoms with van der Waals surface area (Å²) in [5, 5.41) is 0.967. The topological polar surface area (TPSA) is 38.9 Å². The van der Waals surface area contributed by atoms with Crippen molar-refractivity contribution in [3.05, 3.63) is 46.4 Å². The van der Waals surface area contributed by atoms with E-state index in [2.05, 4.69) is 46.0 Å². The number of rotatable bonds is 1. The number of anilines is 1. The molecule has 2 N–H and O–H groups in total. The van der Waals surface area contributed by atoms with Crippen LogP contribution in [0.5, 0.6) is 0 Å². The highest BCUT2D eigenvalue weighted by Crippen LogP contribution is 2.35. The van der Waals surface area contributed by atoms with E-state index in [0.29, 0.717) is 0 Å². The van der Waals surface area contributed by atoms with Crippen LogP contribution in [0.4, 0.5) is 5.69 Å². The first-order valence-corrected chi connectivity index (χ1v) is 7.17. The Labute approximate surface area is 118 Å². The fraction of sp³-hybridized carbons (Fsp3) is 0.0714. The lowest BCUT2D eigenvalue weighted by Gasteiger charge is -2.01. The zero-order chi connectivity index (χ0) is 12.7. The lowest BCUT2D eigenvalue weighted by atomic mass is 10.2. The molecule has 0 aliphatic rings. The summed E-state index contributed by atoms with van der Waals surface area (Å²) < 4.78 is 2.21. The van der Waals surface area contributed by atoms with Crippen LogP contribution in [-0.2, 0) is 0 Å². The molecule has 0 fully saturated rings. The Morgan fingerprint density at radius 3 is 2.83 bits per heavy atom. The molecule has 0 atom stereocenters. The number of aryl methyl sites for hydroxylation is 1. The van der Waals surface area contributed by atoms with E-state index >= 15 is 0 Å². The minimum absolute atomic E-state index is 0.758. The van der Waals surface area contributed by atoms with Crippen LogP contribution in [-0.4, -0.2) is 4.98 Å². The van der Waals surface area contributed by atoms with Gasteiger partial charge in [0.15, 0.2) is 0 Å². The van der Waals surface area contributed by atoms with Crippen LogP contribution >= 0.6 is 27.3 Å². The number of aromatic nitrogens is 1. The minimum atomic E-state index is 0.758. The summed E-state index contributed by atoms with van der Waals surface area (Å²) in [7, 11) is 0. The summed E-state index contributed by atoms with van der Waals surface area (Å²) in [6.45, 7) is 2.09. The average Bonchev–Trinajstić information content (AvgIpc) is 2.74. The highest BCUT2D eigenvalue weighted by Gasteiger charge is 2.09. The first-order valence-electron chi connectivity index (χ1n) is 5.56. The molecule has 0 unspecified atom stereocenters. The maximum absolute atomic E-state index is 6.02. The SMILES string of the molecule is Cc1ccc2nc(-c3cc(Br)ccc3N)sc2c1. The molecule has 0 aliphatic carbocycles. The molecule has 0 aliphatic heterocycles. The Kier molecular flexibility index (Phi) is 2.84. The van der Waals surface area contributed by atoms with E-state index in [0.717, 1.165) is 26.2 Å². The van der Waals surface area contributed by atoms with Crippen LogP contribution in [0.15, 0.2) is 40.9 Å². The zero-order valence-electron chi connectivity index (χ0n) is 9.77. The Morgan fingerprint density at radius 2 is 2.00 bits per heavy atom. The number of hydrogen-bond acceptors (Lipinski definition) is 3. The van der Waals surface area contributed by atoms with Gasteiger partial charge in [-0.25, -0.2) is 4.98 Å². The third kappa shape index (κ3) is 2.02. The normalized spacial score (nSPS) is 11.0. The van der Waals surface area contributed by atoms with Gasteiger partial charge in [0.25, 0.3) is 0 Å². The molecule has 0 bridgehead atoms. The maximum Gasteiger partial charge on any atom is 0.126 e. The fourth-order valence-electron chi connectivity index (χ4n) is 1.86. The number of benzene rings is 2. The van der Waals surface area contributed by atoms with Gasteiger partial charge in [0.2, 0.25) is 0 Å². The third-order valence-corrected chi connectivity index (χ3v) is 4.33. The first-order chi connectivity index (χ1) is 8.63. The molecule has 1 aromatic heterocycles. The van der Waals surface area contributed by atoms with Crippen molar-refractivity contribution < 1.29 is 0 Å². The largest absolute Gasteiger partial charge is 0.398 e. The van der Waals surface area contributed by atoms with Gasteiger partial charge in [-0.1, -0.05) is 22.0 Å². The van der Waals surface area contributed by atoms with E-state index in [9.17, 15) is 0 Å². The van der Waals surface area contributed by atoms with Gasteiger partial charge in [0.1, 0.15) is 5.01 Å². The highest BCUT2D eigenvalue weighted by atomic mass is 79.9. The lowest BCUT2D eigenvalue weighted by Crippen LogP contribution is -1.89. The summed E-state index contributed by atoms with van der Waals surface area (Å²) in [5.41, 5.74) is 10.0. The zero-order valence-corrected chi connectivity index (χ0v) is 12.2. The van der Waals surface area contributed by atoms with Gasteiger partial charge in [-0.05, 0) is 42.8 Å². The summed E-state index contributed by atoms with van der Waals surface area (Å²) in [6, 6.07) is 12.1. The van der Waals surface area contributed by atoms with Gasteiger partial charge in [-0.2, -0.15) is 0 Å². The van der Waals surface area contributed by atoms with Gasteiger partial charge in [-0.15, -0.1) is 11.3 Å². The predicted molar refractivity (Wildman–Crippen MR) is 81.9 cm³/mol. The van der Waals surface area contributed by atoms with Crippen LogP contribution in [0.25, 0.3) is 20.8 Å². The number of nitrogens with zero attached hydrogens (tertiary/aromatic N) is 1. The lowest BCUT2D eigenvalue weighted by molar-refractivity contribution is 1.45. The average molecular weight is 319 g/mol. The Hall–Kier alpha value is -1.39. The van der Waals surface area contributed by atoms with Crippen molar-refractivity contribution in [3.63, 3.8) is 0 Å². The maximum atomic E-state index is 6.02. The second kappa shape index (κ2) is 4.37. The minimum Gasteiger partial charge on any atom is -0.398 e. The third-order valence-electron chi connectivity index (χ3n) is 2.79. The predicted octanol–water partition coefficient (Wildman–Crippen LogP) is 4.62. The molecule has 3 aromatic rings. The highest BCUT2D eigenvalue weighted by molar-refractivity contribution is 9.10. The number of nitrogen functional groups attached to an aromatic ring is 1. The smallest absolute Gasteiger partial charge is 0.126 e. The summed E-state index contributed by atoms with van der Waals surface area (Å²) in [4.78, 5) is 4.64. The molecule has 0 saturated carbocycles. The molecule has 90 valence electrons. The number of halogens is 1. The van der Waals surface area contributed by atoms with Gasteiger partial charge in [0.05, 0.1) is 10.2 Å². The fourth-order valence-corrected chi connectivity index (χ4v) is 3.32. The Bertz CT molecular complexity index is 734. The van der Waals surface area contributed by atoms with E-state index in [4.69, 9.17) is 5.73 Å². The molecule has 0 radical (unpaired) electrons. The van der Waals surface area contributed by atoms with Crippen molar-refractivity contribution in [2.24, 2.45) is 0 Å². The van der Waals surface area contributed by atoms with Gasteiger partial charge < -0.3 is 5.73 Å². The van der Waals surface area contributed by atoms with E-state index in [1.807, 2.05) is 18.2 Å². The Morgan fingerprint density at radius 1 is 1.17 bits per heavy atom. The Balaban J connectivity index is 2.22. The number of nitrogens with two attached hydrogens (primary N) is 1. The molecule has 18 heavy (non-hydrogen) atoms. The molecule has 3 rings (SSSR count). The van der Waals surface area contributed by atoms with E-state index in [1.165, 1.54) is 10.3 Å². The summed E-state index contributed by atoms with van der Waals surface area (Å²) >= 11 is 5.15. The van der Waals surface area contributed by atoms with Crippen molar-refractivity contribution in [2.75, 3.05) is 5.73 Å². The van der Waals surface area contributed by atoms with Crippen LogP contribution in [0, 0.1) is 6.92 Å². The van der Waals surface area contributed by atoms with Gasteiger partial charge in [-0.3, -0.25) is 0 Å². The molecular weight excluding hydrogens is 308 g/mol. The van der Waals surface area contributed by atoms with Crippen LogP contribution in [0.3, 0.4) is 0 Å². The molecular formula is C14H11BrN2S. The molecule has 2 nitrogen and oxygen atoms in total. The molecule has 2 aromatic carbocycles. The number of hydrogen-bond donors (Lipinski definition) is 1. The van der Waals surface area contributed by atoms with Crippen LogP contribution < -0.4 is 5.73 Å². The van der Waals surface area contributed by atoms with Crippen molar-refractivity contribution >= 4 is 43.2 Å². The number of thiazole rings is 1. The number of fused-ring (bicyclic) bond motifs is 1. The second-order valence-corrected chi connectivity index (χ2v) is 6.17. The monoisotopic (exact) mass is 318 g/mol. The summed E-state index contributed by atoms with van der Waals surface area (Å²) in [6.07, 6.45) is 0. The van der Waals surface area contributed by atoms with Gasteiger partial charge >= 0.3 is 0 Å². The van der Waals surface area contributed by atoms with Crippen molar-refractivity contribution in [2.45, 2.75) is 6.92 Å². The second-order valence-electron chi connectivity index (χ2n) is 4.22. The molecule has 4 heteroatoms. The van der Waals surface area contributed by atoms with E-state index in [1.54, 1.807) is 11.3 Å². The van der Waals surface area contributed by atoms with Crippen molar-refractivity contribution in [3.8, 4) is 10.6 Å². The van der Waals surface area contributed by atoms with Crippen LogP contribution in [0.1, 0.15) is 5.56 Å². The first kappa shape index (κ1) is 11.7. The van der Waals surface area contributed by atoms with Crippen molar-refractivity contribution in [1.82, 2.24) is 4.98 Å². The van der Waals surface area contributed by atoms with Crippen molar-refractivity contribution in [1.29, 1.82) is 0 Å². The van der Waals surface area contributed by atoms with Crippen LogP contribution in [0.2, 0.25) is 0 Å². The van der Waals surface area contributed by atoms with E-state index < -0.39 is 0 Å². The summed E-state index contributed by atoms with van der Waals surface area (Å²) in [5.74, 6) is 0.